The molecule has 1 amide bonds. The van der Waals surface area contributed by atoms with E-state index in [0.717, 1.165) is 12.8 Å². The molecule has 0 fully saturated rings. The van der Waals surface area contributed by atoms with Crippen molar-refractivity contribution in [3.05, 3.63) is 99.6 Å². The molecule has 7 heteroatoms. The molecule has 0 spiro atoms. The van der Waals surface area contributed by atoms with Crippen molar-refractivity contribution in [2.45, 2.75) is 32.7 Å². The number of rotatable bonds is 8. The lowest BCUT2D eigenvalue weighted by Crippen LogP contribution is -2.38. The molecule has 0 N–H and O–H groups in total. The number of hydrogen-bond donors (Lipinski definition) is 0. The standard InChI is InChI=1S/C28H28ClN3O3/c1-4-5-18-31(27(33)20-12-6-8-14-22(20)29)19(2)26-30-23-15-9-7-13-21(23)28(34)32(26)24-16-10-11-17-25(24)35-3/h6-17,19H,4-5,18H2,1-3H3. The summed E-state index contributed by atoms with van der Waals surface area (Å²) < 4.78 is 7.13. The number of carbonyl (C=O) groups is 1. The molecule has 1 atom stereocenters. The summed E-state index contributed by atoms with van der Waals surface area (Å²) >= 11 is 6.38. The first-order chi connectivity index (χ1) is 17.0. The molecule has 4 aromatic rings. The van der Waals surface area contributed by atoms with Gasteiger partial charge in [-0.15, -0.1) is 0 Å². The molecule has 0 saturated carbocycles. The van der Waals surface area contributed by atoms with Gasteiger partial charge in [0.25, 0.3) is 11.5 Å². The molecule has 0 saturated heterocycles. The Morgan fingerprint density at radius 2 is 1.74 bits per heavy atom. The number of nitrogens with zero attached hydrogens (tertiary/aromatic N) is 3. The van der Waals surface area contributed by atoms with E-state index < -0.39 is 6.04 Å². The SMILES string of the molecule is CCCCN(C(=O)c1ccccc1Cl)C(C)c1nc2ccccc2c(=O)n1-c1ccccc1OC. The van der Waals surface area contributed by atoms with Gasteiger partial charge in [0.2, 0.25) is 0 Å². The third kappa shape index (κ3) is 4.80. The van der Waals surface area contributed by atoms with Gasteiger partial charge in [0, 0.05) is 6.54 Å². The van der Waals surface area contributed by atoms with Crippen LogP contribution in [0.3, 0.4) is 0 Å². The normalized spacial score (nSPS) is 11.9. The van der Waals surface area contributed by atoms with E-state index in [1.165, 1.54) is 0 Å². The zero-order valence-electron chi connectivity index (χ0n) is 20.1. The van der Waals surface area contributed by atoms with Crippen LogP contribution < -0.4 is 10.3 Å². The first kappa shape index (κ1) is 24.5. The van der Waals surface area contributed by atoms with Crippen LogP contribution in [0.5, 0.6) is 5.75 Å². The second kappa shape index (κ2) is 10.7. The zero-order chi connectivity index (χ0) is 24.9. The van der Waals surface area contributed by atoms with Crippen LogP contribution >= 0.6 is 11.6 Å². The highest BCUT2D eigenvalue weighted by Crippen LogP contribution is 2.29. The number of amides is 1. The van der Waals surface area contributed by atoms with Gasteiger partial charge >= 0.3 is 0 Å². The molecule has 0 aliphatic heterocycles. The van der Waals surface area contributed by atoms with Crippen molar-refractivity contribution in [3.63, 3.8) is 0 Å². The van der Waals surface area contributed by atoms with Gasteiger partial charge in [0.15, 0.2) is 0 Å². The largest absolute Gasteiger partial charge is 0.495 e. The molecule has 180 valence electrons. The molecule has 35 heavy (non-hydrogen) atoms. The summed E-state index contributed by atoms with van der Waals surface area (Å²) in [7, 11) is 1.57. The number of ether oxygens (including phenoxy) is 1. The molecule has 0 aliphatic rings. The number of aromatic nitrogens is 2. The highest BCUT2D eigenvalue weighted by molar-refractivity contribution is 6.33. The Labute approximate surface area is 209 Å². The highest BCUT2D eigenvalue weighted by atomic mass is 35.5. The molecule has 4 rings (SSSR count). The molecule has 0 bridgehead atoms. The molecular formula is C28H28ClN3O3. The van der Waals surface area contributed by atoms with Crippen LogP contribution in [0.15, 0.2) is 77.6 Å². The fraction of sp³-hybridized carbons (Fsp3) is 0.250. The molecule has 6 nitrogen and oxygen atoms in total. The highest BCUT2D eigenvalue weighted by Gasteiger charge is 2.29. The van der Waals surface area contributed by atoms with E-state index in [-0.39, 0.29) is 11.5 Å². The van der Waals surface area contributed by atoms with Crippen LogP contribution in [0.4, 0.5) is 0 Å². The number of fused-ring (bicyclic) bond motifs is 1. The molecule has 0 aliphatic carbocycles. The predicted molar refractivity (Wildman–Crippen MR) is 140 cm³/mol. The van der Waals surface area contributed by atoms with E-state index in [1.54, 1.807) is 53.0 Å². The Morgan fingerprint density at radius 3 is 2.49 bits per heavy atom. The number of benzene rings is 3. The maximum Gasteiger partial charge on any atom is 0.266 e. The van der Waals surface area contributed by atoms with Crippen LogP contribution in [0, 0.1) is 0 Å². The molecule has 1 unspecified atom stereocenters. The second-order valence-electron chi connectivity index (χ2n) is 8.31. The predicted octanol–water partition coefficient (Wildman–Crippen LogP) is 6.05. The van der Waals surface area contributed by atoms with E-state index in [1.807, 2.05) is 43.3 Å². The van der Waals surface area contributed by atoms with Crippen molar-refractivity contribution in [1.29, 1.82) is 0 Å². The lowest BCUT2D eigenvalue weighted by atomic mass is 10.1. The smallest absolute Gasteiger partial charge is 0.266 e. The minimum atomic E-state index is -0.521. The van der Waals surface area contributed by atoms with Gasteiger partial charge in [-0.3, -0.25) is 14.2 Å². The molecule has 1 aromatic heterocycles. The van der Waals surface area contributed by atoms with Gasteiger partial charge in [-0.25, -0.2) is 4.98 Å². The third-order valence-corrected chi connectivity index (χ3v) is 6.42. The molecule has 1 heterocycles. The third-order valence-electron chi connectivity index (χ3n) is 6.09. The average molecular weight is 490 g/mol. The number of hydrogen-bond acceptors (Lipinski definition) is 4. The van der Waals surface area contributed by atoms with Gasteiger partial charge in [0.1, 0.15) is 11.6 Å². The van der Waals surface area contributed by atoms with Gasteiger partial charge in [-0.05, 0) is 49.7 Å². The monoisotopic (exact) mass is 489 g/mol. The Balaban J connectivity index is 1.95. The van der Waals surface area contributed by atoms with Crippen molar-refractivity contribution in [1.82, 2.24) is 14.5 Å². The van der Waals surface area contributed by atoms with Crippen LogP contribution in [0.2, 0.25) is 5.02 Å². The van der Waals surface area contributed by atoms with Crippen molar-refractivity contribution >= 4 is 28.4 Å². The Bertz CT molecular complexity index is 1420. The summed E-state index contributed by atoms with van der Waals surface area (Å²) in [6, 6.07) is 21.0. The maximum absolute atomic E-state index is 13.8. The summed E-state index contributed by atoms with van der Waals surface area (Å²) in [5.41, 5.74) is 1.35. The Kier molecular flexibility index (Phi) is 7.51. The van der Waals surface area contributed by atoms with Crippen LogP contribution in [-0.4, -0.2) is 34.0 Å². The first-order valence-corrected chi connectivity index (χ1v) is 12.1. The number of para-hydroxylation sites is 3. The minimum absolute atomic E-state index is 0.203. The van der Waals surface area contributed by atoms with E-state index >= 15 is 0 Å². The lowest BCUT2D eigenvalue weighted by Gasteiger charge is -2.31. The quantitative estimate of drug-likeness (QED) is 0.302. The molecule has 3 aromatic carbocycles. The minimum Gasteiger partial charge on any atom is -0.495 e. The topological polar surface area (TPSA) is 64.4 Å². The number of carbonyl (C=O) groups excluding carboxylic acids is 1. The van der Waals surface area contributed by atoms with E-state index in [4.69, 9.17) is 21.3 Å². The summed E-state index contributed by atoms with van der Waals surface area (Å²) in [5.74, 6) is 0.790. The van der Waals surface area contributed by atoms with Crippen molar-refractivity contribution in [3.8, 4) is 11.4 Å². The zero-order valence-corrected chi connectivity index (χ0v) is 20.8. The van der Waals surface area contributed by atoms with E-state index in [2.05, 4.69) is 6.92 Å². The Morgan fingerprint density at radius 1 is 1.06 bits per heavy atom. The van der Waals surface area contributed by atoms with Crippen LogP contribution in [0.1, 0.15) is 48.9 Å². The summed E-state index contributed by atoms with van der Waals surface area (Å²) in [6.45, 7) is 4.46. The van der Waals surface area contributed by atoms with Crippen molar-refractivity contribution in [2.75, 3.05) is 13.7 Å². The van der Waals surface area contributed by atoms with Crippen molar-refractivity contribution in [2.24, 2.45) is 0 Å². The summed E-state index contributed by atoms with van der Waals surface area (Å²) in [6.07, 6.45) is 1.70. The van der Waals surface area contributed by atoms with Crippen LogP contribution in [0.25, 0.3) is 16.6 Å². The Hall–Kier alpha value is -3.64. The van der Waals surface area contributed by atoms with E-state index in [9.17, 15) is 9.59 Å². The number of unbranched alkanes of at least 4 members (excludes halogenated alkanes) is 1. The van der Waals surface area contributed by atoms with Crippen LogP contribution in [-0.2, 0) is 0 Å². The average Bonchev–Trinajstić information content (AvgIpc) is 2.89. The second-order valence-corrected chi connectivity index (χ2v) is 8.71. The van der Waals surface area contributed by atoms with Crippen molar-refractivity contribution < 1.29 is 9.53 Å². The number of methoxy groups -OCH3 is 1. The van der Waals surface area contributed by atoms with Gasteiger partial charge in [-0.1, -0.05) is 61.3 Å². The summed E-state index contributed by atoms with van der Waals surface area (Å²) in [4.78, 5) is 34.1. The van der Waals surface area contributed by atoms with Gasteiger partial charge < -0.3 is 9.64 Å². The first-order valence-electron chi connectivity index (χ1n) is 11.7. The van der Waals surface area contributed by atoms with Gasteiger partial charge in [0.05, 0.1) is 40.3 Å². The molecule has 0 radical (unpaired) electrons. The van der Waals surface area contributed by atoms with E-state index in [0.29, 0.717) is 45.3 Å². The van der Waals surface area contributed by atoms with Gasteiger partial charge in [-0.2, -0.15) is 0 Å². The maximum atomic E-state index is 13.8. The fourth-order valence-corrected chi connectivity index (χ4v) is 4.42. The number of halogens is 1. The fourth-order valence-electron chi connectivity index (χ4n) is 4.21. The molecular weight excluding hydrogens is 462 g/mol. The lowest BCUT2D eigenvalue weighted by molar-refractivity contribution is 0.0678. The summed E-state index contributed by atoms with van der Waals surface area (Å²) in [5, 5.41) is 0.881.